The van der Waals surface area contributed by atoms with Crippen molar-refractivity contribution in [1.82, 2.24) is 0 Å². The molecule has 0 aliphatic heterocycles. The summed E-state index contributed by atoms with van der Waals surface area (Å²) >= 11 is 0. The molecule has 21 heavy (non-hydrogen) atoms. The van der Waals surface area contributed by atoms with Crippen molar-refractivity contribution in [2.24, 2.45) is 0 Å². The molecule has 0 unspecified atom stereocenters. The standard InChI is InChI=1S/C19H22O2/c1-13(2)21-18-9-7-17(8-10-18)19(20)12-16-6-5-14(3)15(4)11-16/h5-11,13H,12H2,1-4H3. The summed E-state index contributed by atoms with van der Waals surface area (Å²) in [6, 6.07) is 13.6. The Balaban J connectivity index is 2.07. The van der Waals surface area contributed by atoms with Gasteiger partial charge in [0.25, 0.3) is 0 Å². The molecule has 110 valence electrons. The second-order valence-corrected chi connectivity index (χ2v) is 5.71. The highest BCUT2D eigenvalue weighted by Gasteiger charge is 2.08. The van der Waals surface area contributed by atoms with Crippen LogP contribution in [0.3, 0.4) is 0 Å². The zero-order valence-electron chi connectivity index (χ0n) is 13.1. The molecular weight excluding hydrogens is 260 g/mol. The molecule has 0 saturated heterocycles. The average Bonchev–Trinajstić information content (AvgIpc) is 2.43. The molecule has 0 heterocycles. The lowest BCUT2D eigenvalue weighted by Gasteiger charge is -2.10. The molecule has 0 spiro atoms. The van der Waals surface area contributed by atoms with Crippen LogP contribution < -0.4 is 4.74 Å². The summed E-state index contributed by atoms with van der Waals surface area (Å²) in [5.41, 5.74) is 4.26. The highest BCUT2D eigenvalue weighted by atomic mass is 16.5. The summed E-state index contributed by atoms with van der Waals surface area (Å²) in [6.07, 6.45) is 0.577. The van der Waals surface area contributed by atoms with Crippen LogP contribution in [0.5, 0.6) is 5.75 Å². The molecule has 0 fully saturated rings. The van der Waals surface area contributed by atoms with Crippen LogP contribution in [0.25, 0.3) is 0 Å². The van der Waals surface area contributed by atoms with Gasteiger partial charge in [-0.15, -0.1) is 0 Å². The van der Waals surface area contributed by atoms with Crippen molar-refractivity contribution < 1.29 is 9.53 Å². The number of Topliss-reactive ketones (excluding diaryl/α,β-unsaturated/α-hetero) is 1. The van der Waals surface area contributed by atoms with Crippen LogP contribution in [-0.2, 0) is 6.42 Å². The Kier molecular flexibility index (Phi) is 4.79. The van der Waals surface area contributed by atoms with Gasteiger partial charge in [-0.2, -0.15) is 0 Å². The first-order valence-electron chi connectivity index (χ1n) is 7.32. The van der Waals surface area contributed by atoms with E-state index in [0.717, 1.165) is 16.9 Å². The minimum atomic E-state index is 0.134. The van der Waals surface area contributed by atoms with Gasteiger partial charge in [-0.1, -0.05) is 18.2 Å². The first-order valence-corrected chi connectivity index (χ1v) is 7.32. The summed E-state index contributed by atoms with van der Waals surface area (Å²) in [7, 11) is 0. The molecule has 0 saturated carbocycles. The van der Waals surface area contributed by atoms with E-state index in [-0.39, 0.29) is 11.9 Å². The van der Waals surface area contributed by atoms with Crippen LogP contribution >= 0.6 is 0 Å². The van der Waals surface area contributed by atoms with Gasteiger partial charge in [0.1, 0.15) is 5.75 Å². The van der Waals surface area contributed by atoms with Crippen molar-refractivity contribution in [3.8, 4) is 5.75 Å². The maximum Gasteiger partial charge on any atom is 0.167 e. The number of carbonyl (C=O) groups is 1. The minimum Gasteiger partial charge on any atom is -0.491 e. The first kappa shape index (κ1) is 15.3. The Morgan fingerprint density at radius 2 is 1.67 bits per heavy atom. The zero-order valence-corrected chi connectivity index (χ0v) is 13.1. The Bertz CT molecular complexity index is 625. The van der Waals surface area contributed by atoms with Crippen molar-refractivity contribution in [2.45, 2.75) is 40.2 Å². The number of benzene rings is 2. The lowest BCUT2D eigenvalue weighted by Crippen LogP contribution is -2.07. The average molecular weight is 282 g/mol. The third-order valence-corrected chi connectivity index (χ3v) is 3.48. The fourth-order valence-electron chi connectivity index (χ4n) is 2.19. The van der Waals surface area contributed by atoms with E-state index in [0.29, 0.717) is 6.42 Å². The van der Waals surface area contributed by atoms with Crippen LogP contribution in [0.2, 0.25) is 0 Å². The number of hydrogen-bond donors (Lipinski definition) is 0. The number of ketones is 1. The number of ether oxygens (including phenoxy) is 1. The van der Waals surface area contributed by atoms with Crippen LogP contribution in [0, 0.1) is 13.8 Å². The van der Waals surface area contributed by atoms with Gasteiger partial charge in [0.15, 0.2) is 5.78 Å². The van der Waals surface area contributed by atoms with E-state index in [1.807, 2.05) is 44.2 Å². The van der Waals surface area contributed by atoms with Crippen molar-refractivity contribution in [2.75, 3.05) is 0 Å². The zero-order chi connectivity index (χ0) is 15.4. The Labute approximate surface area is 126 Å². The molecular formula is C19H22O2. The summed E-state index contributed by atoms with van der Waals surface area (Å²) in [4.78, 5) is 12.3. The third kappa shape index (κ3) is 4.19. The Morgan fingerprint density at radius 1 is 1.00 bits per heavy atom. The monoisotopic (exact) mass is 282 g/mol. The molecule has 0 atom stereocenters. The fraction of sp³-hybridized carbons (Fsp3) is 0.316. The van der Waals surface area contributed by atoms with Gasteiger partial charge in [0.2, 0.25) is 0 Å². The molecule has 0 bridgehead atoms. The Morgan fingerprint density at radius 3 is 2.24 bits per heavy atom. The Hall–Kier alpha value is -2.09. The van der Waals surface area contributed by atoms with E-state index in [1.54, 1.807) is 0 Å². The van der Waals surface area contributed by atoms with Gasteiger partial charge in [-0.05, 0) is 68.7 Å². The van der Waals surface area contributed by atoms with E-state index in [2.05, 4.69) is 26.0 Å². The number of carbonyl (C=O) groups excluding carboxylic acids is 1. The summed E-state index contributed by atoms with van der Waals surface area (Å²) in [6.45, 7) is 8.12. The largest absolute Gasteiger partial charge is 0.491 e. The lowest BCUT2D eigenvalue weighted by atomic mass is 9.99. The summed E-state index contributed by atoms with van der Waals surface area (Å²) in [5, 5.41) is 0. The van der Waals surface area contributed by atoms with Crippen molar-refractivity contribution in [1.29, 1.82) is 0 Å². The van der Waals surface area contributed by atoms with E-state index >= 15 is 0 Å². The van der Waals surface area contributed by atoms with Gasteiger partial charge >= 0.3 is 0 Å². The highest BCUT2D eigenvalue weighted by molar-refractivity contribution is 5.97. The molecule has 0 amide bonds. The number of rotatable bonds is 5. The fourth-order valence-corrected chi connectivity index (χ4v) is 2.19. The second kappa shape index (κ2) is 6.57. The highest BCUT2D eigenvalue weighted by Crippen LogP contribution is 2.16. The molecule has 0 aromatic heterocycles. The predicted molar refractivity (Wildman–Crippen MR) is 86.2 cm³/mol. The third-order valence-electron chi connectivity index (χ3n) is 3.48. The van der Waals surface area contributed by atoms with E-state index in [9.17, 15) is 4.79 Å². The summed E-state index contributed by atoms with van der Waals surface area (Å²) < 4.78 is 5.58. The van der Waals surface area contributed by atoms with Crippen molar-refractivity contribution >= 4 is 5.78 Å². The minimum absolute atomic E-state index is 0.134. The SMILES string of the molecule is Cc1ccc(CC(=O)c2ccc(OC(C)C)cc2)cc1C. The predicted octanol–water partition coefficient (Wildman–Crippen LogP) is 4.52. The summed E-state index contributed by atoms with van der Waals surface area (Å²) in [5.74, 6) is 0.932. The van der Waals surface area contributed by atoms with E-state index < -0.39 is 0 Å². The molecule has 0 N–H and O–H groups in total. The van der Waals surface area contributed by atoms with Gasteiger partial charge in [0.05, 0.1) is 6.10 Å². The topological polar surface area (TPSA) is 26.3 Å². The maximum atomic E-state index is 12.3. The van der Waals surface area contributed by atoms with E-state index in [4.69, 9.17) is 4.74 Å². The molecule has 0 aliphatic carbocycles. The van der Waals surface area contributed by atoms with Gasteiger partial charge < -0.3 is 4.74 Å². The van der Waals surface area contributed by atoms with Crippen LogP contribution in [0.15, 0.2) is 42.5 Å². The molecule has 2 aromatic carbocycles. The van der Waals surface area contributed by atoms with Crippen LogP contribution in [0.4, 0.5) is 0 Å². The maximum absolute atomic E-state index is 12.3. The lowest BCUT2D eigenvalue weighted by molar-refractivity contribution is 0.0993. The molecule has 0 radical (unpaired) electrons. The smallest absolute Gasteiger partial charge is 0.167 e. The molecule has 2 heteroatoms. The van der Waals surface area contributed by atoms with E-state index in [1.165, 1.54) is 11.1 Å². The quantitative estimate of drug-likeness (QED) is 0.754. The number of hydrogen-bond acceptors (Lipinski definition) is 2. The van der Waals surface area contributed by atoms with Gasteiger partial charge in [0, 0.05) is 12.0 Å². The van der Waals surface area contributed by atoms with Crippen LogP contribution in [-0.4, -0.2) is 11.9 Å². The van der Waals surface area contributed by atoms with Gasteiger partial charge in [-0.3, -0.25) is 4.79 Å². The molecule has 2 aromatic rings. The van der Waals surface area contributed by atoms with Crippen molar-refractivity contribution in [3.63, 3.8) is 0 Å². The molecule has 2 nitrogen and oxygen atoms in total. The van der Waals surface area contributed by atoms with Crippen molar-refractivity contribution in [3.05, 3.63) is 64.7 Å². The molecule has 0 aliphatic rings. The van der Waals surface area contributed by atoms with Gasteiger partial charge in [-0.25, -0.2) is 0 Å². The normalized spacial score (nSPS) is 10.7. The molecule has 2 rings (SSSR count). The number of aryl methyl sites for hydroxylation is 2. The first-order chi connectivity index (χ1) is 9.95. The van der Waals surface area contributed by atoms with Crippen LogP contribution in [0.1, 0.15) is 40.9 Å². The second-order valence-electron chi connectivity index (χ2n) is 5.71.